The zero-order valence-electron chi connectivity index (χ0n) is 18.8. The molecule has 1 aliphatic heterocycles. The number of nitrogens with one attached hydrogen (secondary N) is 1. The van der Waals surface area contributed by atoms with Gasteiger partial charge in [0, 0.05) is 18.2 Å². The van der Waals surface area contributed by atoms with E-state index in [4.69, 9.17) is 14.2 Å². The topological polar surface area (TPSA) is 94.2 Å². The molecular weight excluding hydrogens is 432 g/mol. The molecule has 1 atom stereocenters. The molecule has 174 valence electrons. The van der Waals surface area contributed by atoms with E-state index >= 15 is 0 Å². The van der Waals surface area contributed by atoms with Crippen LogP contribution in [0.1, 0.15) is 37.6 Å². The van der Waals surface area contributed by atoms with Crippen LogP contribution in [-0.4, -0.2) is 58.2 Å². The summed E-state index contributed by atoms with van der Waals surface area (Å²) < 4.78 is 45.1. The molecule has 1 unspecified atom stereocenters. The van der Waals surface area contributed by atoms with Crippen LogP contribution in [0.3, 0.4) is 0 Å². The van der Waals surface area contributed by atoms with Gasteiger partial charge < -0.3 is 19.1 Å². The van der Waals surface area contributed by atoms with Crippen molar-refractivity contribution in [2.24, 2.45) is 0 Å². The van der Waals surface area contributed by atoms with Gasteiger partial charge in [-0.1, -0.05) is 19.1 Å². The second-order valence-electron chi connectivity index (χ2n) is 7.89. The summed E-state index contributed by atoms with van der Waals surface area (Å²) in [6.45, 7) is 6.58. The molecule has 0 saturated heterocycles. The van der Waals surface area contributed by atoms with Crippen molar-refractivity contribution in [3.8, 4) is 17.2 Å². The van der Waals surface area contributed by atoms with Gasteiger partial charge in [-0.2, -0.15) is 0 Å². The number of carbonyl (C=O) groups excluding carboxylic acids is 1. The van der Waals surface area contributed by atoms with Crippen LogP contribution in [0.2, 0.25) is 0 Å². The van der Waals surface area contributed by atoms with Crippen molar-refractivity contribution in [1.82, 2.24) is 9.62 Å². The Kier molecular flexibility index (Phi) is 7.63. The van der Waals surface area contributed by atoms with Crippen LogP contribution in [0.5, 0.6) is 17.2 Å². The van der Waals surface area contributed by atoms with Crippen molar-refractivity contribution in [3.63, 3.8) is 0 Å². The average Bonchev–Trinajstić information content (AvgIpc) is 2.77. The van der Waals surface area contributed by atoms with E-state index in [9.17, 15) is 13.2 Å². The van der Waals surface area contributed by atoms with E-state index in [1.165, 1.54) is 19.2 Å². The predicted molar refractivity (Wildman–Crippen MR) is 121 cm³/mol. The van der Waals surface area contributed by atoms with Gasteiger partial charge in [-0.15, -0.1) is 0 Å². The zero-order chi connectivity index (χ0) is 23.3. The highest BCUT2D eigenvalue weighted by atomic mass is 32.2. The Morgan fingerprint density at radius 1 is 1.22 bits per heavy atom. The van der Waals surface area contributed by atoms with Crippen molar-refractivity contribution < 1.29 is 27.4 Å². The number of rotatable bonds is 9. The maximum absolute atomic E-state index is 13.3. The quantitative estimate of drug-likeness (QED) is 0.616. The summed E-state index contributed by atoms with van der Waals surface area (Å²) in [5.41, 5.74) is 0.264. The third-order valence-corrected chi connectivity index (χ3v) is 6.54. The normalized spacial score (nSPS) is 15.5. The molecule has 32 heavy (non-hydrogen) atoms. The fourth-order valence-corrected chi connectivity index (χ4v) is 4.97. The van der Waals surface area contributed by atoms with Crippen LogP contribution >= 0.6 is 0 Å². The summed E-state index contributed by atoms with van der Waals surface area (Å²) in [7, 11) is -2.45. The number of para-hydroxylation sites is 2. The maximum atomic E-state index is 13.3. The minimum atomic E-state index is -3.85. The average molecular weight is 463 g/mol. The largest absolute Gasteiger partial charge is 0.495 e. The molecule has 0 spiro atoms. The molecule has 0 bridgehead atoms. The molecule has 1 aliphatic rings. The van der Waals surface area contributed by atoms with Gasteiger partial charge in [0.1, 0.15) is 17.3 Å². The number of sulfonamides is 1. The Morgan fingerprint density at radius 3 is 2.59 bits per heavy atom. The first-order valence-electron chi connectivity index (χ1n) is 10.6. The van der Waals surface area contributed by atoms with E-state index in [-0.39, 0.29) is 34.3 Å². The van der Waals surface area contributed by atoms with Crippen molar-refractivity contribution in [1.29, 1.82) is 0 Å². The first-order valence-corrected chi connectivity index (χ1v) is 12.1. The fraction of sp³-hybridized carbons (Fsp3) is 0.435. The second kappa shape index (κ2) is 10.2. The third-order valence-electron chi connectivity index (χ3n) is 4.86. The Labute approximate surface area is 189 Å². The molecule has 0 aliphatic carbocycles. The molecule has 1 heterocycles. The van der Waals surface area contributed by atoms with Gasteiger partial charge in [0.25, 0.3) is 5.91 Å². The number of ether oxygens (including phenoxy) is 3. The Bertz CT molecular complexity index is 1050. The van der Waals surface area contributed by atoms with Crippen molar-refractivity contribution in [3.05, 3.63) is 48.0 Å². The molecule has 2 aromatic carbocycles. The van der Waals surface area contributed by atoms with E-state index < -0.39 is 10.0 Å². The number of hydrogen-bond acceptors (Lipinski definition) is 6. The molecule has 8 nitrogen and oxygen atoms in total. The minimum Gasteiger partial charge on any atom is -0.495 e. The summed E-state index contributed by atoms with van der Waals surface area (Å²) in [6, 6.07) is 11.5. The van der Waals surface area contributed by atoms with Gasteiger partial charge in [-0.25, -0.2) is 13.1 Å². The van der Waals surface area contributed by atoms with Crippen LogP contribution in [-0.2, 0) is 10.0 Å². The summed E-state index contributed by atoms with van der Waals surface area (Å²) in [5.74, 6) is 1.22. The Hall–Kier alpha value is -2.78. The first-order chi connectivity index (χ1) is 15.2. The summed E-state index contributed by atoms with van der Waals surface area (Å²) in [5, 5.41) is 0. The SMILES string of the molecule is CCCN(CC1COc2ccccc2O1)C(=O)c1ccc(OC)c(S(=O)(=O)NC(C)C)c1. The molecule has 3 rings (SSSR count). The summed E-state index contributed by atoms with van der Waals surface area (Å²) in [6.07, 6.45) is 0.413. The lowest BCUT2D eigenvalue weighted by atomic mass is 10.1. The highest BCUT2D eigenvalue weighted by Gasteiger charge is 2.28. The van der Waals surface area contributed by atoms with E-state index in [0.29, 0.717) is 31.2 Å². The smallest absolute Gasteiger partial charge is 0.254 e. The zero-order valence-corrected chi connectivity index (χ0v) is 19.6. The summed E-state index contributed by atoms with van der Waals surface area (Å²) in [4.78, 5) is 14.9. The van der Waals surface area contributed by atoms with Gasteiger partial charge >= 0.3 is 0 Å². The van der Waals surface area contributed by atoms with Crippen LogP contribution in [0.25, 0.3) is 0 Å². The Balaban J connectivity index is 1.84. The van der Waals surface area contributed by atoms with Crippen LogP contribution in [0, 0.1) is 0 Å². The lowest BCUT2D eigenvalue weighted by Crippen LogP contribution is -2.44. The van der Waals surface area contributed by atoms with Gasteiger partial charge in [-0.3, -0.25) is 4.79 Å². The molecule has 1 amide bonds. The molecule has 0 fully saturated rings. The number of nitrogens with zero attached hydrogens (tertiary/aromatic N) is 1. The molecule has 2 aromatic rings. The Morgan fingerprint density at radius 2 is 1.94 bits per heavy atom. The van der Waals surface area contributed by atoms with E-state index in [1.54, 1.807) is 24.8 Å². The van der Waals surface area contributed by atoms with E-state index in [2.05, 4.69) is 4.72 Å². The van der Waals surface area contributed by atoms with Crippen molar-refractivity contribution >= 4 is 15.9 Å². The number of hydrogen-bond donors (Lipinski definition) is 1. The van der Waals surface area contributed by atoms with Gasteiger partial charge in [0.2, 0.25) is 10.0 Å². The lowest BCUT2D eigenvalue weighted by molar-refractivity contribution is 0.0462. The van der Waals surface area contributed by atoms with Crippen LogP contribution < -0.4 is 18.9 Å². The second-order valence-corrected chi connectivity index (χ2v) is 9.57. The number of fused-ring (bicyclic) bond motifs is 1. The number of benzene rings is 2. The van der Waals surface area contributed by atoms with E-state index in [0.717, 1.165) is 6.42 Å². The third kappa shape index (κ3) is 5.52. The van der Waals surface area contributed by atoms with E-state index in [1.807, 2.05) is 31.2 Å². The predicted octanol–water partition coefficient (Wildman–Crippen LogP) is 3.07. The molecule has 9 heteroatoms. The standard InChI is InChI=1S/C23H30N2O6S/c1-5-12-25(14-18-15-30-19-8-6-7-9-20(19)31-18)23(26)17-10-11-21(29-4)22(13-17)32(27,28)24-16(2)3/h6-11,13,16,18,24H,5,12,14-15H2,1-4H3. The van der Waals surface area contributed by atoms with Crippen molar-refractivity contribution in [2.45, 2.75) is 44.2 Å². The summed E-state index contributed by atoms with van der Waals surface area (Å²) >= 11 is 0. The molecule has 0 saturated carbocycles. The van der Waals surface area contributed by atoms with Gasteiger partial charge in [0.15, 0.2) is 17.6 Å². The van der Waals surface area contributed by atoms with Crippen LogP contribution in [0.4, 0.5) is 0 Å². The molecule has 0 aromatic heterocycles. The van der Waals surface area contributed by atoms with Gasteiger partial charge in [-0.05, 0) is 50.6 Å². The monoisotopic (exact) mass is 462 g/mol. The van der Waals surface area contributed by atoms with Crippen molar-refractivity contribution in [2.75, 3.05) is 26.8 Å². The molecule has 1 N–H and O–H groups in total. The maximum Gasteiger partial charge on any atom is 0.254 e. The lowest BCUT2D eigenvalue weighted by Gasteiger charge is -2.31. The number of methoxy groups -OCH3 is 1. The van der Waals surface area contributed by atoms with Crippen LogP contribution in [0.15, 0.2) is 47.4 Å². The van der Waals surface area contributed by atoms with Gasteiger partial charge in [0.05, 0.1) is 13.7 Å². The number of amides is 1. The molecular formula is C23H30N2O6S. The number of carbonyl (C=O) groups is 1. The highest BCUT2D eigenvalue weighted by Crippen LogP contribution is 2.31. The molecule has 0 radical (unpaired) electrons. The highest BCUT2D eigenvalue weighted by molar-refractivity contribution is 7.89. The first kappa shape index (κ1) is 23.9. The fourth-order valence-electron chi connectivity index (χ4n) is 3.52. The minimum absolute atomic E-state index is 0.0674.